The van der Waals surface area contributed by atoms with E-state index in [9.17, 15) is 8.42 Å². The predicted octanol–water partition coefficient (Wildman–Crippen LogP) is 6.11. The van der Waals surface area contributed by atoms with Crippen LogP contribution in [-0.2, 0) is 16.6 Å². The van der Waals surface area contributed by atoms with E-state index in [0.717, 1.165) is 33.4 Å². The van der Waals surface area contributed by atoms with Gasteiger partial charge in [-0.2, -0.15) is 0 Å². The molecular formula is C30H29N5O2S. The number of aromatic nitrogens is 3. The molecule has 0 aliphatic carbocycles. The highest BCUT2D eigenvalue weighted by Crippen LogP contribution is 2.37. The van der Waals surface area contributed by atoms with Crippen LogP contribution < -0.4 is 9.62 Å². The zero-order valence-corrected chi connectivity index (χ0v) is 22.4. The second-order valence-electron chi connectivity index (χ2n) is 10.1. The Kier molecular flexibility index (Phi) is 6.93. The standard InChI is InChI=1S/C30H29N5O2S/c1-30(2,3)34-38(36,37)25-16-22(17-31-18-25)27-19-32-20-28-26(27)13-9-14-29(28)35(24-11-5-4-6-12-24)21-23-10-7-8-15-33-23/h4-20,34H,21H2,1-3H3. The first-order valence-electron chi connectivity index (χ1n) is 12.3. The van der Waals surface area contributed by atoms with E-state index in [1.165, 1.54) is 6.20 Å². The molecule has 8 heteroatoms. The van der Waals surface area contributed by atoms with Gasteiger partial charge in [-0.15, -0.1) is 0 Å². The van der Waals surface area contributed by atoms with Crippen LogP contribution in [0.25, 0.3) is 21.9 Å². The smallest absolute Gasteiger partial charge is 0.242 e. The van der Waals surface area contributed by atoms with Crippen LogP contribution in [0.15, 0.2) is 109 Å². The summed E-state index contributed by atoms with van der Waals surface area (Å²) in [6.45, 7) is 5.99. The third-order valence-electron chi connectivity index (χ3n) is 5.96. The van der Waals surface area contributed by atoms with E-state index in [2.05, 4.69) is 42.8 Å². The Morgan fingerprint density at radius 3 is 2.32 bits per heavy atom. The lowest BCUT2D eigenvalue weighted by Crippen LogP contribution is -2.40. The Bertz CT molecular complexity index is 1670. The fourth-order valence-corrected chi connectivity index (χ4v) is 5.80. The fraction of sp³-hybridized carbons (Fsp3) is 0.167. The maximum absolute atomic E-state index is 13.0. The Balaban J connectivity index is 1.63. The fourth-order valence-electron chi connectivity index (χ4n) is 4.40. The summed E-state index contributed by atoms with van der Waals surface area (Å²) in [4.78, 5) is 15.7. The lowest BCUT2D eigenvalue weighted by atomic mass is 10.0. The van der Waals surface area contributed by atoms with Gasteiger partial charge in [0.05, 0.1) is 17.9 Å². The third kappa shape index (κ3) is 5.56. The van der Waals surface area contributed by atoms with Crippen LogP contribution in [0.1, 0.15) is 26.5 Å². The number of benzene rings is 2. The Hall–Kier alpha value is -4.14. The number of nitrogens with one attached hydrogen (secondary N) is 1. The van der Waals surface area contributed by atoms with Crippen molar-refractivity contribution >= 4 is 32.2 Å². The molecule has 3 heterocycles. The Morgan fingerprint density at radius 2 is 1.58 bits per heavy atom. The summed E-state index contributed by atoms with van der Waals surface area (Å²) in [5.41, 5.74) is 3.80. The molecule has 0 atom stereocenters. The number of pyridine rings is 3. The van der Waals surface area contributed by atoms with Crippen LogP contribution in [-0.4, -0.2) is 28.9 Å². The van der Waals surface area contributed by atoms with E-state index < -0.39 is 15.6 Å². The number of sulfonamides is 1. The molecule has 0 aliphatic heterocycles. The topological polar surface area (TPSA) is 88.1 Å². The van der Waals surface area contributed by atoms with Gasteiger partial charge in [-0.1, -0.05) is 36.4 Å². The van der Waals surface area contributed by atoms with E-state index >= 15 is 0 Å². The van der Waals surface area contributed by atoms with Crippen LogP contribution in [0.2, 0.25) is 0 Å². The van der Waals surface area contributed by atoms with Crippen molar-refractivity contribution < 1.29 is 8.42 Å². The summed E-state index contributed by atoms with van der Waals surface area (Å²) in [6, 6.07) is 23.8. The van der Waals surface area contributed by atoms with Gasteiger partial charge in [0.15, 0.2) is 0 Å². The molecule has 5 aromatic rings. The third-order valence-corrected chi connectivity index (χ3v) is 7.69. The van der Waals surface area contributed by atoms with Gasteiger partial charge < -0.3 is 4.90 Å². The van der Waals surface area contributed by atoms with Gasteiger partial charge in [0.2, 0.25) is 10.0 Å². The number of para-hydroxylation sites is 1. The van der Waals surface area contributed by atoms with Crippen molar-refractivity contribution in [3.8, 4) is 11.1 Å². The van der Waals surface area contributed by atoms with Crippen LogP contribution >= 0.6 is 0 Å². The van der Waals surface area contributed by atoms with E-state index in [-0.39, 0.29) is 4.90 Å². The van der Waals surface area contributed by atoms with Crippen molar-refractivity contribution in [3.63, 3.8) is 0 Å². The molecule has 0 saturated carbocycles. The quantitative estimate of drug-likeness (QED) is 0.277. The lowest BCUT2D eigenvalue weighted by Gasteiger charge is -2.26. The van der Waals surface area contributed by atoms with Crippen molar-refractivity contribution in [2.24, 2.45) is 0 Å². The van der Waals surface area contributed by atoms with Gasteiger partial charge in [-0.25, -0.2) is 13.1 Å². The first-order valence-corrected chi connectivity index (χ1v) is 13.8. The van der Waals surface area contributed by atoms with E-state index in [0.29, 0.717) is 12.1 Å². The summed E-state index contributed by atoms with van der Waals surface area (Å²) >= 11 is 0. The highest BCUT2D eigenvalue weighted by Gasteiger charge is 2.23. The van der Waals surface area contributed by atoms with Crippen molar-refractivity contribution in [2.75, 3.05) is 4.90 Å². The van der Waals surface area contributed by atoms with Crippen molar-refractivity contribution in [3.05, 3.63) is 109 Å². The molecule has 3 aromatic heterocycles. The van der Waals surface area contributed by atoms with Crippen molar-refractivity contribution in [2.45, 2.75) is 37.8 Å². The second-order valence-corrected chi connectivity index (χ2v) is 11.7. The zero-order valence-electron chi connectivity index (χ0n) is 21.5. The molecule has 0 fully saturated rings. The summed E-state index contributed by atoms with van der Waals surface area (Å²) < 4.78 is 28.7. The van der Waals surface area contributed by atoms with Gasteiger partial charge in [0.25, 0.3) is 0 Å². The minimum absolute atomic E-state index is 0.110. The molecule has 0 saturated heterocycles. The normalized spacial score (nSPS) is 12.0. The number of anilines is 2. The maximum atomic E-state index is 13.0. The van der Waals surface area contributed by atoms with Crippen molar-refractivity contribution in [1.29, 1.82) is 0 Å². The second kappa shape index (κ2) is 10.3. The first-order chi connectivity index (χ1) is 18.2. The maximum Gasteiger partial charge on any atom is 0.242 e. The van der Waals surface area contributed by atoms with Crippen LogP contribution in [0.5, 0.6) is 0 Å². The van der Waals surface area contributed by atoms with Gasteiger partial charge in [-0.05, 0) is 62.6 Å². The van der Waals surface area contributed by atoms with Gasteiger partial charge in [-0.3, -0.25) is 15.0 Å². The average Bonchev–Trinajstić information content (AvgIpc) is 2.91. The molecule has 0 bridgehead atoms. The minimum atomic E-state index is -3.74. The molecule has 0 amide bonds. The molecule has 2 aromatic carbocycles. The van der Waals surface area contributed by atoms with E-state index in [1.807, 2.05) is 54.7 Å². The molecule has 0 radical (unpaired) electrons. The predicted molar refractivity (Wildman–Crippen MR) is 152 cm³/mol. The minimum Gasteiger partial charge on any atom is -0.335 e. The van der Waals surface area contributed by atoms with E-state index in [1.54, 1.807) is 45.4 Å². The number of hydrogen-bond donors (Lipinski definition) is 1. The van der Waals surface area contributed by atoms with Gasteiger partial charge in [0, 0.05) is 58.7 Å². The zero-order chi connectivity index (χ0) is 26.8. The molecule has 0 aliphatic rings. The molecule has 192 valence electrons. The largest absolute Gasteiger partial charge is 0.335 e. The number of fused-ring (bicyclic) bond motifs is 1. The van der Waals surface area contributed by atoms with E-state index in [4.69, 9.17) is 0 Å². The number of hydrogen-bond acceptors (Lipinski definition) is 6. The summed E-state index contributed by atoms with van der Waals surface area (Å²) in [5.74, 6) is 0. The number of rotatable bonds is 7. The van der Waals surface area contributed by atoms with Gasteiger partial charge in [0.1, 0.15) is 4.90 Å². The number of nitrogens with zero attached hydrogens (tertiary/aromatic N) is 4. The Labute approximate surface area is 223 Å². The lowest BCUT2D eigenvalue weighted by molar-refractivity contribution is 0.491. The first kappa shape index (κ1) is 25.5. The van der Waals surface area contributed by atoms with Gasteiger partial charge >= 0.3 is 0 Å². The highest BCUT2D eigenvalue weighted by atomic mass is 32.2. The molecule has 7 nitrogen and oxygen atoms in total. The summed E-state index contributed by atoms with van der Waals surface area (Å²) in [6.07, 6.45) is 8.43. The molecule has 1 N–H and O–H groups in total. The van der Waals surface area contributed by atoms with Crippen LogP contribution in [0, 0.1) is 0 Å². The molecular weight excluding hydrogens is 494 g/mol. The molecule has 5 rings (SSSR count). The molecule has 0 unspecified atom stereocenters. The summed E-state index contributed by atoms with van der Waals surface area (Å²) in [5, 5.41) is 1.88. The monoisotopic (exact) mass is 523 g/mol. The van der Waals surface area contributed by atoms with Crippen molar-refractivity contribution in [1.82, 2.24) is 19.7 Å². The Morgan fingerprint density at radius 1 is 0.816 bits per heavy atom. The average molecular weight is 524 g/mol. The molecule has 38 heavy (non-hydrogen) atoms. The van der Waals surface area contributed by atoms with Crippen LogP contribution in [0.4, 0.5) is 11.4 Å². The SMILES string of the molecule is CC(C)(C)NS(=O)(=O)c1cncc(-c2cncc3c(N(Cc4ccccn4)c4ccccc4)cccc23)c1. The summed E-state index contributed by atoms with van der Waals surface area (Å²) in [7, 11) is -3.74. The molecule has 0 spiro atoms. The highest BCUT2D eigenvalue weighted by molar-refractivity contribution is 7.89. The van der Waals surface area contributed by atoms with Crippen LogP contribution in [0.3, 0.4) is 0 Å².